The highest BCUT2D eigenvalue weighted by Gasteiger charge is 2.52. The number of aromatic nitrogens is 1. The number of rotatable bonds is 6. The van der Waals surface area contributed by atoms with Crippen molar-refractivity contribution in [3.05, 3.63) is 35.4 Å². The van der Waals surface area contributed by atoms with Gasteiger partial charge in [-0.25, -0.2) is 4.79 Å². The van der Waals surface area contributed by atoms with E-state index in [-0.39, 0.29) is 31.5 Å². The average molecular weight is 321 g/mol. The Labute approximate surface area is 133 Å². The first-order valence-electron chi connectivity index (χ1n) is 7.36. The molecule has 23 heavy (non-hydrogen) atoms. The summed E-state index contributed by atoms with van der Waals surface area (Å²) in [5, 5.41) is 30.3. The summed E-state index contributed by atoms with van der Waals surface area (Å²) in [4.78, 5) is 11.3. The van der Waals surface area contributed by atoms with Crippen LogP contribution in [0.5, 0.6) is 11.8 Å². The molecule has 0 aromatic carbocycles. The molecule has 0 spiro atoms. The first-order valence-corrected chi connectivity index (χ1v) is 7.36. The molecule has 0 saturated heterocycles. The molecule has 2 aliphatic heterocycles. The van der Waals surface area contributed by atoms with Crippen molar-refractivity contribution in [1.29, 1.82) is 0 Å². The van der Waals surface area contributed by atoms with Gasteiger partial charge in [-0.2, -0.15) is 0 Å². The number of fused-ring (bicyclic) bond motifs is 5. The minimum absolute atomic E-state index is 0.0894. The summed E-state index contributed by atoms with van der Waals surface area (Å²) in [5.74, 6) is -0.693. The second-order valence-electron chi connectivity index (χ2n) is 5.80. The molecular weight excluding hydrogens is 302 g/mol. The summed E-state index contributed by atoms with van der Waals surface area (Å²) in [6.07, 6.45) is 3.39. The second kappa shape index (κ2) is 5.43. The van der Waals surface area contributed by atoms with E-state index in [1.54, 1.807) is 19.1 Å². The second-order valence-corrected chi connectivity index (χ2v) is 5.80. The van der Waals surface area contributed by atoms with Gasteiger partial charge in [0.05, 0.1) is 24.3 Å². The van der Waals surface area contributed by atoms with Gasteiger partial charge in [0, 0.05) is 12.1 Å². The lowest BCUT2D eigenvalue weighted by atomic mass is 9.90. The molecule has 7 heteroatoms. The van der Waals surface area contributed by atoms with Gasteiger partial charge < -0.3 is 24.8 Å². The van der Waals surface area contributed by atoms with Crippen molar-refractivity contribution in [2.45, 2.75) is 31.6 Å². The molecule has 7 nitrogen and oxygen atoms in total. The first-order chi connectivity index (χ1) is 10.9. The zero-order valence-electron chi connectivity index (χ0n) is 12.8. The van der Waals surface area contributed by atoms with E-state index in [2.05, 4.69) is 6.58 Å². The largest absolute Gasteiger partial charge is 0.494 e. The van der Waals surface area contributed by atoms with Gasteiger partial charge in [-0.3, -0.25) is 4.57 Å². The summed E-state index contributed by atoms with van der Waals surface area (Å²) < 4.78 is 12.0. The number of carbonyl (C=O) groups is 1. The molecule has 1 aromatic rings. The highest BCUT2D eigenvalue weighted by Crippen LogP contribution is 2.57. The third kappa shape index (κ3) is 2.24. The first kappa shape index (κ1) is 15.6. The minimum atomic E-state index is -1.08. The Morgan fingerprint density at radius 1 is 1.48 bits per heavy atom. The molecule has 2 atom stereocenters. The molecule has 1 aromatic heterocycles. The quantitative estimate of drug-likeness (QED) is 0.315. The number of carbonyl (C=O) groups excluding carboxylic acids is 1. The van der Waals surface area contributed by atoms with E-state index in [0.717, 1.165) is 0 Å². The van der Waals surface area contributed by atoms with Gasteiger partial charge in [-0.05, 0) is 19.4 Å². The van der Waals surface area contributed by atoms with Crippen LogP contribution in [0.3, 0.4) is 0 Å². The number of ether oxygens (including phenoxy) is 2. The van der Waals surface area contributed by atoms with E-state index in [4.69, 9.17) is 9.47 Å². The average Bonchev–Trinajstić information content (AvgIpc) is 3.16. The highest BCUT2D eigenvalue weighted by atomic mass is 16.5. The number of hydrogen-bond acceptors (Lipinski definition) is 6. The smallest absolute Gasteiger partial charge is 0.333 e. The van der Waals surface area contributed by atoms with Gasteiger partial charge in [0.15, 0.2) is 0 Å². The summed E-state index contributed by atoms with van der Waals surface area (Å²) in [7, 11) is 0. The highest BCUT2D eigenvalue weighted by molar-refractivity contribution is 5.86. The van der Waals surface area contributed by atoms with Crippen LogP contribution in [0.2, 0.25) is 0 Å². The normalized spacial score (nSPS) is 24.0. The number of hydrogen-bond donors (Lipinski definition) is 3. The van der Waals surface area contributed by atoms with Crippen molar-refractivity contribution in [2.75, 3.05) is 13.2 Å². The van der Waals surface area contributed by atoms with E-state index < -0.39 is 17.7 Å². The Bertz CT molecular complexity index is 704. The molecule has 124 valence electrons. The lowest BCUT2D eigenvalue weighted by Crippen LogP contribution is -2.25. The maximum absolute atomic E-state index is 11.3. The van der Waals surface area contributed by atoms with E-state index in [0.29, 0.717) is 23.1 Å². The lowest BCUT2D eigenvalue weighted by Gasteiger charge is -2.21. The van der Waals surface area contributed by atoms with Crippen LogP contribution in [0.25, 0.3) is 0 Å². The fourth-order valence-corrected chi connectivity index (χ4v) is 3.04. The monoisotopic (exact) mass is 321 g/mol. The SMILES string of the molecule is C=C(C)C(=O)OCCCn1c(O)c2c(c1O)C1(CO)C=CC2O1. The van der Waals surface area contributed by atoms with Crippen LogP contribution in [0.1, 0.15) is 30.6 Å². The van der Waals surface area contributed by atoms with Crippen molar-refractivity contribution < 1.29 is 29.6 Å². The molecule has 0 fully saturated rings. The summed E-state index contributed by atoms with van der Waals surface area (Å²) >= 11 is 0. The Morgan fingerprint density at radius 3 is 2.87 bits per heavy atom. The van der Waals surface area contributed by atoms with Crippen molar-refractivity contribution >= 4 is 5.97 Å². The zero-order chi connectivity index (χ0) is 16.8. The number of esters is 1. The lowest BCUT2D eigenvalue weighted by molar-refractivity contribution is -0.139. The molecule has 3 N–H and O–H groups in total. The number of aromatic hydroxyl groups is 2. The van der Waals surface area contributed by atoms with Crippen LogP contribution >= 0.6 is 0 Å². The van der Waals surface area contributed by atoms with Crippen molar-refractivity contribution in [3.8, 4) is 11.8 Å². The maximum Gasteiger partial charge on any atom is 0.333 e. The third-order valence-electron chi connectivity index (χ3n) is 4.17. The van der Waals surface area contributed by atoms with Crippen molar-refractivity contribution in [2.24, 2.45) is 0 Å². The van der Waals surface area contributed by atoms with Gasteiger partial charge in [-0.15, -0.1) is 0 Å². The van der Waals surface area contributed by atoms with Crippen LogP contribution in [-0.2, 0) is 26.4 Å². The molecule has 3 rings (SSSR count). The number of aliphatic hydroxyl groups is 1. The Hall–Kier alpha value is -2.25. The maximum atomic E-state index is 11.3. The molecule has 2 aliphatic rings. The summed E-state index contributed by atoms with van der Waals surface area (Å²) in [5.41, 5.74) is 0.126. The zero-order valence-corrected chi connectivity index (χ0v) is 12.8. The molecule has 0 radical (unpaired) electrons. The van der Waals surface area contributed by atoms with E-state index in [9.17, 15) is 20.1 Å². The van der Waals surface area contributed by atoms with Gasteiger partial charge in [0.1, 0.15) is 11.7 Å². The van der Waals surface area contributed by atoms with Crippen molar-refractivity contribution in [3.63, 3.8) is 0 Å². The molecule has 3 heterocycles. The van der Waals surface area contributed by atoms with E-state index >= 15 is 0 Å². The molecule has 0 amide bonds. The molecule has 2 unspecified atom stereocenters. The number of aliphatic hydroxyl groups excluding tert-OH is 1. The van der Waals surface area contributed by atoms with E-state index in [1.165, 1.54) is 4.57 Å². The third-order valence-corrected chi connectivity index (χ3v) is 4.17. The van der Waals surface area contributed by atoms with Crippen LogP contribution in [-0.4, -0.2) is 39.1 Å². The van der Waals surface area contributed by atoms with Crippen LogP contribution in [0.15, 0.2) is 24.3 Å². The molecule has 2 bridgehead atoms. The fraction of sp³-hybridized carbons (Fsp3) is 0.438. The predicted molar refractivity (Wildman–Crippen MR) is 79.9 cm³/mol. The van der Waals surface area contributed by atoms with Crippen LogP contribution in [0.4, 0.5) is 0 Å². The Balaban J connectivity index is 1.74. The topological polar surface area (TPSA) is 101 Å². The van der Waals surface area contributed by atoms with Crippen LogP contribution < -0.4 is 0 Å². The van der Waals surface area contributed by atoms with E-state index in [1.807, 2.05) is 0 Å². The van der Waals surface area contributed by atoms with Crippen LogP contribution in [0, 0.1) is 0 Å². The number of nitrogens with zero attached hydrogens (tertiary/aromatic N) is 1. The van der Waals surface area contributed by atoms with Crippen molar-refractivity contribution in [1.82, 2.24) is 4.57 Å². The fourth-order valence-electron chi connectivity index (χ4n) is 3.04. The Morgan fingerprint density at radius 2 is 2.22 bits per heavy atom. The van der Waals surface area contributed by atoms with Gasteiger partial charge in [0.25, 0.3) is 0 Å². The molecular formula is C16H19NO6. The summed E-state index contributed by atoms with van der Waals surface area (Å²) in [6.45, 7) is 5.15. The van der Waals surface area contributed by atoms with Gasteiger partial charge in [-0.1, -0.05) is 12.7 Å². The standard InChI is InChI=1S/C16H19NO6/c1-9(2)15(21)22-7-3-6-17-13(19)11-10-4-5-16(8-18,23-10)12(11)14(17)20/h4-5,10,18-20H,1,3,6-8H2,2H3. The molecule has 0 aliphatic carbocycles. The summed E-state index contributed by atoms with van der Waals surface area (Å²) in [6, 6.07) is 0. The molecule has 0 saturated carbocycles. The minimum Gasteiger partial charge on any atom is -0.494 e. The Kier molecular flexibility index (Phi) is 3.69. The van der Waals surface area contributed by atoms with Gasteiger partial charge in [0.2, 0.25) is 11.8 Å². The predicted octanol–water partition coefficient (Wildman–Crippen LogP) is 1.24. The van der Waals surface area contributed by atoms with Gasteiger partial charge >= 0.3 is 5.97 Å².